The number of thiophene rings is 1. The van der Waals surface area contributed by atoms with Gasteiger partial charge >= 0.3 is 0 Å². The van der Waals surface area contributed by atoms with Crippen LogP contribution in [0.2, 0.25) is 0 Å². The fraction of sp³-hybridized carbons (Fsp3) is 0.643. The van der Waals surface area contributed by atoms with Gasteiger partial charge in [-0.25, -0.2) is 0 Å². The molecule has 19 heavy (non-hydrogen) atoms. The highest BCUT2D eigenvalue weighted by Crippen LogP contribution is 2.31. The standard InChI is InChI=1S/C14H22N2OS.ClH/c1-14(15)8-3-2-6-12(14)13(17)16-9-7-11-5-4-10-18-11;/h4-5,10,12H,2-3,6-9,15H2,1H3,(H,16,17);1H. The molecule has 2 rings (SSSR count). The second kappa shape index (κ2) is 7.27. The van der Waals surface area contributed by atoms with Gasteiger partial charge in [-0.2, -0.15) is 0 Å². The number of carbonyl (C=O) groups is 1. The lowest BCUT2D eigenvalue weighted by atomic mass is 9.74. The minimum atomic E-state index is -0.328. The molecule has 0 spiro atoms. The smallest absolute Gasteiger partial charge is 0.224 e. The van der Waals surface area contributed by atoms with Crippen molar-refractivity contribution >= 4 is 29.7 Å². The first-order valence-electron chi connectivity index (χ1n) is 6.68. The number of halogens is 1. The molecule has 1 aliphatic rings. The van der Waals surface area contributed by atoms with Gasteiger partial charge < -0.3 is 11.1 Å². The highest BCUT2D eigenvalue weighted by molar-refractivity contribution is 7.09. The minimum absolute atomic E-state index is 0. The molecule has 1 amide bonds. The summed E-state index contributed by atoms with van der Waals surface area (Å²) in [6.45, 7) is 2.72. The van der Waals surface area contributed by atoms with E-state index >= 15 is 0 Å². The first-order chi connectivity index (χ1) is 8.59. The fourth-order valence-electron chi connectivity index (χ4n) is 2.68. The molecule has 1 aromatic heterocycles. The van der Waals surface area contributed by atoms with Gasteiger partial charge in [0.25, 0.3) is 0 Å². The molecule has 3 N–H and O–H groups in total. The van der Waals surface area contributed by atoms with Crippen molar-refractivity contribution in [1.82, 2.24) is 5.32 Å². The van der Waals surface area contributed by atoms with Crippen LogP contribution in [0.3, 0.4) is 0 Å². The van der Waals surface area contributed by atoms with Gasteiger partial charge in [-0.05, 0) is 37.6 Å². The van der Waals surface area contributed by atoms with E-state index in [9.17, 15) is 4.79 Å². The third-order valence-electron chi connectivity index (χ3n) is 3.82. The molecule has 3 nitrogen and oxygen atoms in total. The Labute approximate surface area is 125 Å². The van der Waals surface area contributed by atoms with E-state index < -0.39 is 0 Å². The second-order valence-electron chi connectivity index (χ2n) is 5.42. The SMILES string of the molecule is CC1(N)CCCCC1C(=O)NCCc1cccs1.Cl. The van der Waals surface area contributed by atoms with Crippen LogP contribution in [0.5, 0.6) is 0 Å². The van der Waals surface area contributed by atoms with Gasteiger partial charge in [-0.15, -0.1) is 23.7 Å². The molecular formula is C14H23ClN2OS. The Bertz CT molecular complexity index is 392. The molecule has 108 valence electrons. The van der Waals surface area contributed by atoms with Crippen LogP contribution in [0.25, 0.3) is 0 Å². The normalized spacial score (nSPS) is 26.5. The van der Waals surface area contributed by atoms with Crippen LogP contribution < -0.4 is 11.1 Å². The van der Waals surface area contributed by atoms with Crippen molar-refractivity contribution in [3.8, 4) is 0 Å². The Morgan fingerprint density at radius 2 is 2.37 bits per heavy atom. The predicted octanol–water partition coefficient (Wildman–Crippen LogP) is 2.74. The molecule has 0 bridgehead atoms. The van der Waals surface area contributed by atoms with E-state index in [4.69, 9.17) is 5.73 Å². The third-order valence-corrected chi connectivity index (χ3v) is 4.76. The summed E-state index contributed by atoms with van der Waals surface area (Å²) < 4.78 is 0. The van der Waals surface area contributed by atoms with Crippen LogP contribution in [0.4, 0.5) is 0 Å². The number of hydrogen-bond donors (Lipinski definition) is 2. The molecule has 1 heterocycles. The predicted molar refractivity (Wildman–Crippen MR) is 82.8 cm³/mol. The Morgan fingerprint density at radius 3 is 3.00 bits per heavy atom. The molecule has 2 atom stereocenters. The lowest BCUT2D eigenvalue weighted by Gasteiger charge is -2.37. The average molecular weight is 303 g/mol. The number of hydrogen-bond acceptors (Lipinski definition) is 3. The van der Waals surface area contributed by atoms with Gasteiger partial charge in [-0.3, -0.25) is 4.79 Å². The minimum Gasteiger partial charge on any atom is -0.355 e. The molecule has 0 aromatic carbocycles. The summed E-state index contributed by atoms with van der Waals surface area (Å²) >= 11 is 1.73. The maximum Gasteiger partial charge on any atom is 0.224 e. The van der Waals surface area contributed by atoms with Crippen molar-refractivity contribution in [2.75, 3.05) is 6.54 Å². The van der Waals surface area contributed by atoms with Crippen molar-refractivity contribution in [2.24, 2.45) is 11.7 Å². The summed E-state index contributed by atoms with van der Waals surface area (Å²) in [5.41, 5.74) is 5.90. The summed E-state index contributed by atoms with van der Waals surface area (Å²) in [5, 5.41) is 5.10. The van der Waals surface area contributed by atoms with Crippen LogP contribution in [0.1, 0.15) is 37.5 Å². The van der Waals surface area contributed by atoms with Crippen molar-refractivity contribution < 1.29 is 4.79 Å². The van der Waals surface area contributed by atoms with Gasteiger partial charge in [-0.1, -0.05) is 18.9 Å². The van der Waals surface area contributed by atoms with Crippen molar-refractivity contribution in [3.05, 3.63) is 22.4 Å². The molecule has 1 aliphatic carbocycles. The molecule has 1 fully saturated rings. The first kappa shape index (κ1) is 16.5. The Balaban J connectivity index is 0.00000180. The molecule has 0 radical (unpaired) electrons. The van der Waals surface area contributed by atoms with Gasteiger partial charge in [0.2, 0.25) is 5.91 Å². The second-order valence-corrected chi connectivity index (χ2v) is 6.46. The molecule has 5 heteroatoms. The van der Waals surface area contributed by atoms with Crippen molar-refractivity contribution in [3.63, 3.8) is 0 Å². The zero-order valence-corrected chi connectivity index (χ0v) is 13.0. The van der Waals surface area contributed by atoms with E-state index in [1.54, 1.807) is 11.3 Å². The average Bonchev–Trinajstić information content (AvgIpc) is 2.81. The van der Waals surface area contributed by atoms with Crippen molar-refractivity contribution in [1.29, 1.82) is 0 Å². The maximum atomic E-state index is 12.2. The molecule has 2 unspecified atom stereocenters. The van der Waals surface area contributed by atoms with E-state index in [0.717, 1.165) is 32.1 Å². The molecule has 0 aliphatic heterocycles. The van der Waals surface area contributed by atoms with E-state index in [-0.39, 0.29) is 29.8 Å². The van der Waals surface area contributed by atoms with Gasteiger partial charge in [0.1, 0.15) is 0 Å². The number of rotatable bonds is 4. The Hall–Kier alpha value is -0.580. The van der Waals surface area contributed by atoms with Gasteiger partial charge in [0.15, 0.2) is 0 Å². The maximum absolute atomic E-state index is 12.2. The zero-order chi connectivity index (χ0) is 13.0. The number of nitrogens with two attached hydrogens (primary N) is 1. The molecule has 1 saturated carbocycles. The van der Waals surface area contributed by atoms with Crippen LogP contribution in [-0.2, 0) is 11.2 Å². The monoisotopic (exact) mass is 302 g/mol. The topological polar surface area (TPSA) is 55.1 Å². The lowest BCUT2D eigenvalue weighted by molar-refractivity contribution is -0.128. The molecular weight excluding hydrogens is 280 g/mol. The van der Waals surface area contributed by atoms with Gasteiger partial charge in [0, 0.05) is 17.0 Å². The first-order valence-corrected chi connectivity index (χ1v) is 7.56. The highest BCUT2D eigenvalue weighted by atomic mass is 35.5. The summed E-state index contributed by atoms with van der Waals surface area (Å²) in [7, 11) is 0. The molecule has 1 aromatic rings. The number of amides is 1. The zero-order valence-electron chi connectivity index (χ0n) is 11.4. The lowest BCUT2D eigenvalue weighted by Crippen LogP contribution is -2.53. The van der Waals surface area contributed by atoms with E-state index in [0.29, 0.717) is 6.54 Å². The number of nitrogens with one attached hydrogen (secondary N) is 1. The fourth-order valence-corrected chi connectivity index (χ4v) is 3.38. The summed E-state index contributed by atoms with van der Waals surface area (Å²) in [5.74, 6) is 0.117. The Morgan fingerprint density at radius 1 is 1.58 bits per heavy atom. The Kier molecular flexibility index (Phi) is 6.30. The van der Waals surface area contributed by atoms with Crippen molar-refractivity contribution in [2.45, 2.75) is 44.6 Å². The van der Waals surface area contributed by atoms with E-state index in [1.165, 1.54) is 4.88 Å². The third kappa shape index (κ3) is 4.48. The van der Waals surface area contributed by atoms with Gasteiger partial charge in [0.05, 0.1) is 5.92 Å². The summed E-state index contributed by atoms with van der Waals surface area (Å²) in [6.07, 6.45) is 5.06. The summed E-state index contributed by atoms with van der Waals surface area (Å²) in [4.78, 5) is 13.5. The quantitative estimate of drug-likeness (QED) is 0.898. The van der Waals surface area contributed by atoms with E-state index in [2.05, 4.69) is 16.8 Å². The van der Waals surface area contributed by atoms with Crippen LogP contribution in [0, 0.1) is 5.92 Å². The number of carbonyl (C=O) groups excluding carboxylic acids is 1. The van der Waals surface area contributed by atoms with Crippen LogP contribution >= 0.6 is 23.7 Å². The van der Waals surface area contributed by atoms with Crippen LogP contribution in [0.15, 0.2) is 17.5 Å². The summed E-state index contributed by atoms with van der Waals surface area (Å²) in [6, 6.07) is 4.14. The largest absolute Gasteiger partial charge is 0.355 e. The van der Waals surface area contributed by atoms with Crippen LogP contribution in [-0.4, -0.2) is 18.0 Å². The highest BCUT2D eigenvalue weighted by Gasteiger charge is 2.37. The van der Waals surface area contributed by atoms with E-state index in [1.807, 2.05) is 13.0 Å². The molecule has 0 saturated heterocycles.